The molecule has 3 rings (SSSR count). The van der Waals surface area contributed by atoms with Gasteiger partial charge >= 0.3 is 0 Å². The molecule has 2 aromatic rings. The molecule has 1 amide bonds. The van der Waals surface area contributed by atoms with Crippen molar-refractivity contribution < 1.29 is 4.79 Å². The summed E-state index contributed by atoms with van der Waals surface area (Å²) in [5, 5.41) is 0. The summed E-state index contributed by atoms with van der Waals surface area (Å²) in [6.45, 7) is 2.62. The molecule has 0 aromatic heterocycles. The predicted molar refractivity (Wildman–Crippen MR) is 90.1 cm³/mol. The molecule has 0 spiro atoms. The Bertz CT molecular complexity index is 633. The van der Waals surface area contributed by atoms with Crippen LogP contribution in [0.1, 0.15) is 28.8 Å². The van der Waals surface area contributed by atoms with Crippen molar-refractivity contribution in [1.29, 1.82) is 0 Å². The second kappa shape index (κ2) is 6.65. The number of carbonyl (C=O) groups is 1. The van der Waals surface area contributed by atoms with Gasteiger partial charge in [0.05, 0.1) is 0 Å². The number of hydrogen-bond acceptors (Lipinski definition) is 2. The van der Waals surface area contributed by atoms with Crippen molar-refractivity contribution in [2.45, 2.75) is 19.4 Å². The highest BCUT2D eigenvalue weighted by Crippen LogP contribution is 2.20. The number of nitrogens with zero attached hydrogens (tertiary/aromatic N) is 2. The zero-order valence-electron chi connectivity index (χ0n) is 13.0. The molecule has 0 aliphatic carbocycles. The summed E-state index contributed by atoms with van der Waals surface area (Å²) in [4.78, 5) is 16.6. The molecule has 1 aliphatic heterocycles. The summed E-state index contributed by atoms with van der Waals surface area (Å²) in [7, 11) is 2.06. The van der Waals surface area contributed by atoms with Gasteiger partial charge in [-0.3, -0.25) is 4.79 Å². The lowest BCUT2D eigenvalue weighted by molar-refractivity contribution is 0.0793. The van der Waals surface area contributed by atoms with Crippen LogP contribution in [0.5, 0.6) is 0 Å². The maximum absolute atomic E-state index is 12.5. The number of benzene rings is 2. The standard InChI is InChI=1S/C19H22N2O/c1-20(15-16-8-3-2-4-9-16)18-11-7-10-17(14-18)19(22)21-12-5-6-13-21/h2-4,7-11,14H,5-6,12-13,15H2,1H3. The van der Waals surface area contributed by atoms with Crippen LogP contribution in [0, 0.1) is 0 Å². The van der Waals surface area contributed by atoms with E-state index in [9.17, 15) is 4.79 Å². The van der Waals surface area contributed by atoms with Crippen LogP contribution in [0.3, 0.4) is 0 Å². The van der Waals surface area contributed by atoms with Gasteiger partial charge < -0.3 is 9.80 Å². The van der Waals surface area contributed by atoms with Crippen LogP contribution >= 0.6 is 0 Å². The molecule has 3 nitrogen and oxygen atoms in total. The molecule has 1 aliphatic rings. The van der Waals surface area contributed by atoms with E-state index in [1.807, 2.05) is 29.2 Å². The first kappa shape index (κ1) is 14.6. The van der Waals surface area contributed by atoms with E-state index in [4.69, 9.17) is 0 Å². The van der Waals surface area contributed by atoms with E-state index in [2.05, 4.69) is 42.3 Å². The lowest BCUT2D eigenvalue weighted by atomic mass is 10.1. The summed E-state index contributed by atoms with van der Waals surface area (Å²) in [5.41, 5.74) is 3.13. The molecule has 114 valence electrons. The summed E-state index contributed by atoms with van der Waals surface area (Å²) in [5.74, 6) is 0.160. The first-order chi connectivity index (χ1) is 10.7. The maximum atomic E-state index is 12.5. The SMILES string of the molecule is CN(Cc1ccccc1)c1cccc(C(=O)N2CCCC2)c1. The first-order valence-corrected chi connectivity index (χ1v) is 7.88. The second-order valence-electron chi connectivity index (χ2n) is 5.89. The second-order valence-corrected chi connectivity index (χ2v) is 5.89. The minimum Gasteiger partial charge on any atom is -0.370 e. The molecule has 0 N–H and O–H groups in total. The Hall–Kier alpha value is -2.29. The smallest absolute Gasteiger partial charge is 0.253 e. The Morgan fingerprint density at radius 1 is 1.05 bits per heavy atom. The average Bonchev–Trinajstić information content (AvgIpc) is 3.09. The van der Waals surface area contributed by atoms with Crippen LogP contribution in [0.4, 0.5) is 5.69 Å². The summed E-state index contributed by atoms with van der Waals surface area (Å²) in [6, 6.07) is 18.3. The lowest BCUT2D eigenvalue weighted by Gasteiger charge is -2.21. The van der Waals surface area contributed by atoms with Gasteiger partial charge in [0.1, 0.15) is 0 Å². The van der Waals surface area contributed by atoms with E-state index in [1.54, 1.807) is 0 Å². The van der Waals surface area contributed by atoms with Crippen molar-refractivity contribution in [2.24, 2.45) is 0 Å². The van der Waals surface area contributed by atoms with Crippen LogP contribution < -0.4 is 4.90 Å². The number of rotatable bonds is 4. The van der Waals surface area contributed by atoms with Crippen molar-refractivity contribution in [1.82, 2.24) is 4.90 Å². The molecular formula is C19H22N2O. The predicted octanol–water partition coefficient (Wildman–Crippen LogP) is 3.56. The lowest BCUT2D eigenvalue weighted by Crippen LogP contribution is -2.27. The van der Waals surface area contributed by atoms with Gasteiger partial charge in [0.25, 0.3) is 5.91 Å². The van der Waals surface area contributed by atoms with Crippen molar-refractivity contribution >= 4 is 11.6 Å². The maximum Gasteiger partial charge on any atom is 0.253 e. The number of likely N-dealkylation sites (tertiary alicyclic amines) is 1. The van der Waals surface area contributed by atoms with Gasteiger partial charge in [-0.15, -0.1) is 0 Å². The monoisotopic (exact) mass is 294 g/mol. The van der Waals surface area contributed by atoms with Gasteiger partial charge in [-0.2, -0.15) is 0 Å². The van der Waals surface area contributed by atoms with Gasteiger partial charge in [0, 0.05) is 37.9 Å². The Morgan fingerprint density at radius 3 is 2.50 bits per heavy atom. The highest BCUT2D eigenvalue weighted by atomic mass is 16.2. The zero-order valence-corrected chi connectivity index (χ0v) is 13.0. The van der Waals surface area contributed by atoms with E-state index in [-0.39, 0.29) is 5.91 Å². The molecule has 1 heterocycles. The van der Waals surface area contributed by atoms with Crippen LogP contribution in [-0.2, 0) is 6.54 Å². The van der Waals surface area contributed by atoms with E-state index in [1.165, 1.54) is 5.56 Å². The van der Waals surface area contributed by atoms with Gasteiger partial charge in [0.2, 0.25) is 0 Å². The molecule has 0 radical (unpaired) electrons. The van der Waals surface area contributed by atoms with E-state index < -0.39 is 0 Å². The number of hydrogen-bond donors (Lipinski definition) is 0. The zero-order chi connectivity index (χ0) is 15.4. The minimum absolute atomic E-state index is 0.160. The largest absolute Gasteiger partial charge is 0.370 e. The number of anilines is 1. The fourth-order valence-electron chi connectivity index (χ4n) is 2.93. The van der Waals surface area contributed by atoms with Crippen LogP contribution in [-0.4, -0.2) is 30.9 Å². The van der Waals surface area contributed by atoms with E-state index in [0.717, 1.165) is 43.7 Å². The normalized spacial score (nSPS) is 14.1. The Labute approximate surface area is 132 Å². The first-order valence-electron chi connectivity index (χ1n) is 7.88. The minimum atomic E-state index is 0.160. The van der Waals surface area contributed by atoms with Gasteiger partial charge in [0.15, 0.2) is 0 Å². The Morgan fingerprint density at radius 2 is 1.77 bits per heavy atom. The summed E-state index contributed by atoms with van der Waals surface area (Å²) in [6.07, 6.45) is 2.25. The third-order valence-electron chi connectivity index (χ3n) is 4.19. The van der Waals surface area contributed by atoms with Gasteiger partial charge in [-0.25, -0.2) is 0 Å². The molecule has 0 unspecified atom stereocenters. The quantitative estimate of drug-likeness (QED) is 0.861. The van der Waals surface area contributed by atoms with Crippen molar-refractivity contribution in [2.75, 3.05) is 25.0 Å². The molecule has 2 aromatic carbocycles. The molecule has 1 saturated heterocycles. The van der Waals surface area contributed by atoms with Gasteiger partial charge in [-0.1, -0.05) is 36.4 Å². The third kappa shape index (κ3) is 3.30. The highest BCUT2D eigenvalue weighted by Gasteiger charge is 2.19. The Kier molecular flexibility index (Phi) is 4.42. The van der Waals surface area contributed by atoms with Crippen LogP contribution in [0.2, 0.25) is 0 Å². The van der Waals surface area contributed by atoms with Gasteiger partial charge in [-0.05, 0) is 36.6 Å². The highest BCUT2D eigenvalue weighted by molar-refractivity contribution is 5.95. The average molecular weight is 294 g/mol. The van der Waals surface area contributed by atoms with Crippen molar-refractivity contribution in [3.05, 3.63) is 65.7 Å². The van der Waals surface area contributed by atoms with E-state index in [0.29, 0.717) is 0 Å². The third-order valence-corrected chi connectivity index (χ3v) is 4.19. The molecule has 1 fully saturated rings. The summed E-state index contributed by atoms with van der Waals surface area (Å²) >= 11 is 0. The van der Waals surface area contributed by atoms with E-state index >= 15 is 0 Å². The summed E-state index contributed by atoms with van der Waals surface area (Å²) < 4.78 is 0. The molecular weight excluding hydrogens is 272 g/mol. The fourth-order valence-corrected chi connectivity index (χ4v) is 2.93. The molecule has 0 saturated carbocycles. The van der Waals surface area contributed by atoms with Crippen LogP contribution in [0.15, 0.2) is 54.6 Å². The fraction of sp³-hybridized carbons (Fsp3) is 0.316. The molecule has 0 atom stereocenters. The Balaban J connectivity index is 1.74. The molecule has 0 bridgehead atoms. The number of carbonyl (C=O) groups excluding carboxylic acids is 1. The molecule has 22 heavy (non-hydrogen) atoms. The van der Waals surface area contributed by atoms with Crippen molar-refractivity contribution in [3.63, 3.8) is 0 Å². The molecule has 3 heteroatoms. The van der Waals surface area contributed by atoms with Crippen LogP contribution in [0.25, 0.3) is 0 Å². The number of amides is 1. The topological polar surface area (TPSA) is 23.6 Å². The van der Waals surface area contributed by atoms with Crippen molar-refractivity contribution in [3.8, 4) is 0 Å².